The Hall–Kier alpha value is -2.07. The van der Waals surface area contributed by atoms with Crippen LogP contribution in [0.25, 0.3) is 5.70 Å². The molecule has 3 nitrogen and oxygen atoms in total. The summed E-state index contributed by atoms with van der Waals surface area (Å²) in [6.45, 7) is 0. The van der Waals surface area contributed by atoms with Crippen molar-refractivity contribution in [3.05, 3.63) is 60.3 Å². The number of rotatable bonds is 2. The van der Waals surface area contributed by atoms with Gasteiger partial charge in [0, 0.05) is 11.1 Å². The summed E-state index contributed by atoms with van der Waals surface area (Å²) in [5, 5.41) is 3.56. The molecule has 0 fully saturated rings. The number of para-hydroxylation sites is 1. The third kappa shape index (κ3) is 1.76. The SMILES string of the molecule is COc1ccc(C2=CN3c4ccccc4S[C@@H]3N2)cc1. The first-order valence-corrected chi connectivity index (χ1v) is 7.40. The van der Waals surface area contributed by atoms with Gasteiger partial charge in [0.05, 0.1) is 18.5 Å². The van der Waals surface area contributed by atoms with Crippen LogP contribution in [0.2, 0.25) is 0 Å². The molecule has 1 atom stereocenters. The molecule has 0 radical (unpaired) electrons. The second-order valence-electron chi connectivity index (χ2n) is 4.76. The van der Waals surface area contributed by atoms with Gasteiger partial charge in [-0.25, -0.2) is 0 Å². The van der Waals surface area contributed by atoms with Crippen LogP contribution >= 0.6 is 11.8 Å². The second-order valence-corrected chi connectivity index (χ2v) is 5.88. The second kappa shape index (κ2) is 4.49. The van der Waals surface area contributed by atoms with Crippen LogP contribution < -0.4 is 15.0 Å². The number of nitrogens with one attached hydrogen (secondary N) is 1. The normalized spacial score (nSPS) is 19.1. The number of nitrogens with zero attached hydrogens (tertiary/aromatic N) is 1. The highest BCUT2D eigenvalue weighted by Crippen LogP contribution is 2.45. The molecular weight excluding hydrogens is 268 g/mol. The lowest BCUT2D eigenvalue weighted by Gasteiger charge is -2.15. The van der Waals surface area contributed by atoms with Crippen LogP contribution in [-0.2, 0) is 0 Å². The van der Waals surface area contributed by atoms with E-state index in [4.69, 9.17) is 4.74 Å². The molecule has 0 saturated carbocycles. The van der Waals surface area contributed by atoms with Crippen molar-refractivity contribution < 1.29 is 4.74 Å². The Kier molecular flexibility index (Phi) is 2.63. The largest absolute Gasteiger partial charge is 0.497 e. The quantitative estimate of drug-likeness (QED) is 0.911. The van der Waals surface area contributed by atoms with Gasteiger partial charge in [-0.2, -0.15) is 0 Å². The number of hydrogen-bond donors (Lipinski definition) is 1. The summed E-state index contributed by atoms with van der Waals surface area (Å²) in [6, 6.07) is 16.6. The van der Waals surface area contributed by atoms with E-state index in [0.29, 0.717) is 0 Å². The Bertz CT molecular complexity index is 681. The molecule has 4 rings (SSSR count). The lowest BCUT2D eigenvalue weighted by Crippen LogP contribution is -2.28. The molecule has 20 heavy (non-hydrogen) atoms. The Labute approximate surface area is 122 Å². The number of hydrogen-bond acceptors (Lipinski definition) is 4. The molecule has 2 aromatic rings. The molecule has 0 amide bonds. The van der Waals surface area contributed by atoms with Crippen molar-refractivity contribution in [1.29, 1.82) is 0 Å². The number of fused-ring (bicyclic) bond motifs is 3. The molecule has 0 saturated heterocycles. The maximum atomic E-state index is 5.20. The van der Waals surface area contributed by atoms with E-state index in [-0.39, 0.29) is 5.50 Å². The minimum absolute atomic E-state index is 0.268. The lowest BCUT2D eigenvalue weighted by atomic mass is 10.1. The Morgan fingerprint density at radius 2 is 1.90 bits per heavy atom. The summed E-state index contributed by atoms with van der Waals surface area (Å²) in [7, 11) is 1.69. The van der Waals surface area contributed by atoms with Crippen LogP contribution in [0.15, 0.2) is 59.6 Å². The molecule has 2 heterocycles. The molecule has 1 N–H and O–H groups in total. The van der Waals surface area contributed by atoms with Gasteiger partial charge in [0.15, 0.2) is 5.50 Å². The van der Waals surface area contributed by atoms with Gasteiger partial charge in [0.25, 0.3) is 0 Å². The zero-order chi connectivity index (χ0) is 13.5. The third-order valence-corrected chi connectivity index (χ3v) is 4.75. The molecule has 0 aromatic heterocycles. The highest BCUT2D eigenvalue weighted by Gasteiger charge is 2.33. The molecule has 100 valence electrons. The fourth-order valence-corrected chi connectivity index (χ4v) is 3.71. The highest BCUT2D eigenvalue weighted by atomic mass is 32.2. The van der Waals surface area contributed by atoms with E-state index in [0.717, 1.165) is 11.4 Å². The Morgan fingerprint density at radius 1 is 1.10 bits per heavy atom. The monoisotopic (exact) mass is 282 g/mol. The predicted octanol–water partition coefficient (Wildman–Crippen LogP) is 3.49. The van der Waals surface area contributed by atoms with Gasteiger partial charge in [-0.1, -0.05) is 23.9 Å². The average Bonchev–Trinajstić information content (AvgIpc) is 3.05. The van der Waals surface area contributed by atoms with E-state index >= 15 is 0 Å². The minimum Gasteiger partial charge on any atom is -0.497 e. The standard InChI is InChI=1S/C16H14N2OS/c1-19-12-8-6-11(7-9-12)13-10-18-14-4-2-3-5-15(14)20-16(18)17-13/h2-10,16-17H,1H3/t16-/m1/s1. The summed E-state index contributed by atoms with van der Waals surface area (Å²) in [6.07, 6.45) is 2.19. The fraction of sp³-hybridized carbons (Fsp3) is 0.125. The van der Waals surface area contributed by atoms with Gasteiger partial charge < -0.3 is 15.0 Å². The molecule has 0 spiro atoms. The van der Waals surface area contributed by atoms with Crippen LogP contribution in [0.3, 0.4) is 0 Å². The number of benzene rings is 2. The number of ether oxygens (including phenoxy) is 1. The summed E-state index contributed by atoms with van der Waals surface area (Å²) in [5.41, 5.74) is 3.88. The van der Waals surface area contributed by atoms with E-state index in [1.807, 2.05) is 23.9 Å². The maximum Gasteiger partial charge on any atom is 0.156 e. The van der Waals surface area contributed by atoms with E-state index in [2.05, 4.69) is 52.8 Å². The van der Waals surface area contributed by atoms with E-state index in [9.17, 15) is 0 Å². The first-order valence-electron chi connectivity index (χ1n) is 6.52. The van der Waals surface area contributed by atoms with Gasteiger partial charge in [-0.3, -0.25) is 0 Å². The minimum atomic E-state index is 0.268. The fourth-order valence-electron chi connectivity index (χ4n) is 2.55. The van der Waals surface area contributed by atoms with Crippen molar-refractivity contribution in [2.45, 2.75) is 10.4 Å². The zero-order valence-corrected chi connectivity index (χ0v) is 11.9. The molecule has 0 aliphatic carbocycles. The smallest absolute Gasteiger partial charge is 0.156 e. The number of methoxy groups -OCH3 is 1. The molecular formula is C16H14N2OS. The van der Waals surface area contributed by atoms with Crippen molar-refractivity contribution >= 4 is 23.1 Å². The topological polar surface area (TPSA) is 24.5 Å². The lowest BCUT2D eigenvalue weighted by molar-refractivity contribution is 0.415. The first-order chi connectivity index (χ1) is 9.85. The van der Waals surface area contributed by atoms with Crippen LogP contribution in [-0.4, -0.2) is 12.6 Å². The van der Waals surface area contributed by atoms with Crippen LogP contribution in [0.4, 0.5) is 5.69 Å². The summed E-state index contributed by atoms with van der Waals surface area (Å²) >= 11 is 1.85. The van der Waals surface area contributed by atoms with Crippen LogP contribution in [0, 0.1) is 0 Å². The van der Waals surface area contributed by atoms with Crippen LogP contribution in [0.1, 0.15) is 5.56 Å². The van der Waals surface area contributed by atoms with Gasteiger partial charge >= 0.3 is 0 Å². The van der Waals surface area contributed by atoms with E-state index in [1.165, 1.54) is 16.1 Å². The average molecular weight is 282 g/mol. The molecule has 0 bridgehead atoms. The van der Waals surface area contributed by atoms with Crippen molar-refractivity contribution in [2.75, 3.05) is 12.0 Å². The third-order valence-electron chi connectivity index (χ3n) is 3.58. The Balaban J connectivity index is 1.66. The number of anilines is 1. The van der Waals surface area contributed by atoms with E-state index < -0.39 is 0 Å². The molecule has 2 aliphatic heterocycles. The summed E-state index contributed by atoms with van der Waals surface area (Å²) in [4.78, 5) is 3.62. The summed E-state index contributed by atoms with van der Waals surface area (Å²) in [5.74, 6) is 0.882. The first kappa shape index (κ1) is 11.7. The maximum absolute atomic E-state index is 5.20. The van der Waals surface area contributed by atoms with Crippen molar-refractivity contribution in [3.63, 3.8) is 0 Å². The molecule has 2 aromatic carbocycles. The molecule has 4 heteroatoms. The Morgan fingerprint density at radius 3 is 2.70 bits per heavy atom. The molecule has 0 unspecified atom stereocenters. The zero-order valence-electron chi connectivity index (χ0n) is 11.0. The van der Waals surface area contributed by atoms with Crippen molar-refractivity contribution in [1.82, 2.24) is 5.32 Å². The van der Waals surface area contributed by atoms with Crippen LogP contribution in [0.5, 0.6) is 5.75 Å². The van der Waals surface area contributed by atoms with Crippen molar-refractivity contribution in [3.8, 4) is 5.75 Å². The van der Waals surface area contributed by atoms with Crippen molar-refractivity contribution in [2.24, 2.45) is 0 Å². The predicted molar refractivity (Wildman–Crippen MR) is 82.7 cm³/mol. The summed E-state index contributed by atoms with van der Waals surface area (Å²) < 4.78 is 5.20. The number of thioether (sulfide) groups is 1. The highest BCUT2D eigenvalue weighted by molar-refractivity contribution is 8.00. The van der Waals surface area contributed by atoms with E-state index in [1.54, 1.807) is 7.11 Å². The van der Waals surface area contributed by atoms with Gasteiger partial charge in [-0.05, 0) is 42.0 Å². The van der Waals surface area contributed by atoms with Gasteiger partial charge in [-0.15, -0.1) is 0 Å². The molecule has 2 aliphatic rings. The van der Waals surface area contributed by atoms with Gasteiger partial charge in [0.1, 0.15) is 5.75 Å². The van der Waals surface area contributed by atoms with Gasteiger partial charge in [0.2, 0.25) is 0 Å².